The second-order valence-corrected chi connectivity index (χ2v) is 5.77. The predicted octanol–water partition coefficient (Wildman–Crippen LogP) is 2.39. The second-order valence-electron chi connectivity index (χ2n) is 5.77. The number of rotatable bonds is 6. The highest BCUT2D eigenvalue weighted by Crippen LogP contribution is 2.28. The van der Waals surface area contributed by atoms with Gasteiger partial charge in [-0.25, -0.2) is 0 Å². The maximum atomic E-state index is 10.8. The normalized spacial score (nSPS) is 22.9. The molecule has 0 aromatic heterocycles. The molecular weight excluding hydrogens is 254 g/mol. The molecule has 0 aliphatic heterocycles. The summed E-state index contributed by atoms with van der Waals surface area (Å²) in [5, 5.41) is 12.4. The van der Waals surface area contributed by atoms with Gasteiger partial charge in [0.05, 0.1) is 13.0 Å². The SMILES string of the molecule is COc1ccc(CC(C)NC2CC(C(=O)O)C2)c(C)c1. The highest BCUT2D eigenvalue weighted by Gasteiger charge is 2.34. The van der Waals surface area contributed by atoms with Crippen molar-refractivity contribution in [3.63, 3.8) is 0 Å². The van der Waals surface area contributed by atoms with Crippen molar-refractivity contribution in [2.75, 3.05) is 7.11 Å². The van der Waals surface area contributed by atoms with Crippen molar-refractivity contribution in [2.45, 2.75) is 45.2 Å². The summed E-state index contributed by atoms with van der Waals surface area (Å²) in [6.07, 6.45) is 2.45. The van der Waals surface area contributed by atoms with Crippen LogP contribution in [0.25, 0.3) is 0 Å². The largest absolute Gasteiger partial charge is 0.497 e. The van der Waals surface area contributed by atoms with Gasteiger partial charge in [-0.3, -0.25) is 4.79 Å². The van der Waals surface area contributed by atoms with Crippen LogP contribution in [0.2, 0.25) is 0 Å². The van der Waals surface area contributed by atoms with Crippen LogP contribution in [-0.4, -0.2) is 30.3 Å². The van der Waals surface area contributed by atoms with Crippen molar-refractivity contribution in [3.8, 4) is 5.75 Å². The topological polar surface area (TPSA) is 58.6 Å². The van der Waals surface area contributed by atoms with E-state index in [2.05, 4.69) is 25.2 Å². The number of hydrogen-bond acceptors (Lipinski definition) is 3. The number of nitrogens with one attached hydrogen (secondary N) is 1. The summed E-state index contributed by atoms with van der Waals surface area (Å²) in [6, 6.07) is 6.84. The third kappa shape index (κ3) is 3.51. The second kappa shape index (κ2) is 6.27. The number of methoxy groups -OCH3 is 1. The molecule has 20 heavy (non-hydrogen) atoms. The van der Waals surface area contributed by atoms with Gasteiger partial charge < -0.3 is 15.2 Å². The number of carbonyl (C=O) groups is 1. The fourth-order valence-corrected chi connectivity index (χ4v) is 2.77. The Labute approximate surface area is 120 Å². The van der Waals surface area contributed by atoms with Gasteiger partial charge in [-0.05, 0) is 56.4 Å². The van der Waals surface area contributed by atoms with E-state index in [4.69, 9.17) is 9.84 Å². The molecule has 110 valence electrons. The Balaban J connectivity index is 1.83. The lowest BCUT2D eigenvalue weighted by atomic mass is 9.80. The fraction of sp³-hybridized carbons (Fsp3) is 0.562. The van der Waals surface area contributed by atoms with Crippen molar-refractivity contribution in [1.29, 1.82) is 0 Å². The van der Waals surface area contributed by atoms with Gasteiger partial charge in [0.15, 0.2) is 0 Å². The summed E-state index contributed by atoms with van der Waals surface area (Å²) >= 11 is 0. The summed E-state index contributed by atoms with van der Waals surface area (Å²) < 4.78 is 5.21. The Hall–Kier alpha value is -1.55. The predicted molar refractivity (Wildman–Crippen MR) is 78.2 cm³/mol. The van der Waals surface area contributed by atoms with Crippen LogP contribution in [0.4, 0.5) is 0 Å². The van der Waals surface area contributed by atoms with E-state index in [1.54, 1.807) is 7.11 Å². The van der Waals surface area contributed by atoms with E-state index in [9.17, 15) is 4.79 Å². The van der Waals surface area contributed by atoms with Crippen molar-refractivity contribution >= 4 is 5.97 Å². The third-order valence-corrected chi connectivity index (χ3v) is 4.08. The minimum atomic E-state index is -0.665. The molecule has 1 saturated carbocycles. The summed E-state index contributed by atoms with van der Waals surface area (Å²) in [5.41, 5.74) is 2.54. The molecule has 1 aliphatic carbocycles. The molecule has 2 N–H and O–H groups in total. The first kappa shape index (κ1) is 14.9. The molecule has 4 heteroatoms. The average Bonchev–Trinajstić information content (AvgIpc) is 2.35. The molecule has 1 atom stereocenters. The Morgan fingerprint density at radius 3 is 2.75 bits per heavy atom. The molecule has 1 aromatic carbocycles. The number of aliphatic carboxylic acids is 1. The lowest BCUT2D eigenvalue weighted by molar-refractivity contribution is -0.145. The summed E-state index contributed by atoms with van der Waals surface area (Å²) in [7, 11) is 1.67. The molecule has 2 rings (SSSR count). The molecule has 1 aliphatic rings. The smallest absolute Gasteiger partial charge is 0.306 e. The van der Waals surface area contributed by atoms with E-state index in [1.807, 2.05) is 12.1 Å². The molecule has 0 radical (unpaired) electrons. The van der Waals surface area contributed by atoms with Crippen molar-refractivity contribution < 1.29 is 14.6 Å². The molecular formula is C16H23NO3. The minimum absolute atomic E-state index is 0.151. The first-order valence-corrected chi connectivity index (χ1v) is 7.12. The Morgan fingerprint density at radius 1 is 1.50 bits per heavy atom. The average molecular weight is 277 g/mol. The zero-order valence-corrected chi connectivity index (χ0v) is 12.3. The van der Waals surface area contributed by atoms with Crippen molar-refractivity contribution in [1.82, 2.24) is 5.32 Å². The first-order chi connectivity index (χ1) is 9.49. The molecule has 0 amide bonds. The summed E-state index contributed by atoms with van der Waals surface area (Å²) in [6.45, 7) is 4.24. The number of hydrogen-bond donors (Lipinski definition) is 2. The zero-order valence-electron chi connectivity index (χ0n) is 12.3. The quantitative estimate of drug-likeness (QED) is 0.838. The number of aryl methyl sites for hydroxylation is 1. The van der Waals surface area contributed by atoms with E-state index in [-0.39, 0.29) is 5.92 Å². The molecule has 0 spiro atoms. The van der Waals surface area contributed by atoms with Gasteiger partial charge in [0.2, 0.25) is 0 Å². The number of benzene rings is 1. The lowest BCUT2D eigenvalue weighted by Crippen LogP contribution is -2.48. The standard InChI is InChI=1S/C16H23NO3/c1-10-6-15(20-3)5-4-12(10)7-11(2)17-14-8-13(9-14)16(18)19/h4-6,11,13-14,17H,7-9H2,1-3H3,(H,18,19). The first-order valence-electron chi connectivity index (χ1n) is 7.12. The van der Waals surface area contributed by atoms with Crippen LogP contribution < -0.4 is 10.1 Å². The van der Waals surface area contributed by atoms with Crippen LogP contribution >= 0.6 is 0 Å². The van der Waals surface area contributed by atoms with E-state index in [1.165, 1.54) is 11.1 Å². The van der Waals surface area contributed by atoms with Gasteiger partial charge in [-0.2, -0.15) is 0 Å². The van der Waals surface area contributed by atoms with E-state index < -0.39 is 5.97 Å². The molecule has 0 heterocycles. The highest BCUT2D eigenvalue weighted by atomic mass is 16.5. The molecule has 1 aromatic rings. The number of carboxylic acid groups (broad SMARTS) is 1. The molecule has 1 fully saturated rings. The Bertz CT molecular complexity index is 481. The number of carboxylic acids is 1. The van der Waals surface area contributed by atoms with Gasteiger partial charge in [-0.15, -0.1) is 0 Å². The maximum absolute atomic E-state index is 10.8. The zero-order chi connectivity index (χ0) is 14.7. The van der Waals surface area contributed by atoms with Crippen LogP contribution in [0.1, 0.15) is 30.9 Å². The third-order valence-electron chi connectivity index (χ3n) is 4.08. The molecule has 1 unspecified atom stereocenters. The van der Waals surface area contributed by atoms with Gasteiger partial charge in [0, 0.05) is 12.1 Å². The Morgan fingerprint density at radius 2 is 2.20 bits per heavy atom. The van der Waals surface area contributed by atoms with Crippen molar-refractivity contribution in [2.24, 2.45) is 5.92 Å². The van der Waals surface area contributed by atoms with Crippen LogP contribution in [0, 0.1) is 12.8 Å². The minimum Gasteiger partial charge on any atom is -0.497 e. The Kier molecular flexibility index (Phi) is 4.65. The van der Waals surface area contributed by atoms with Crippen LogP contribution in [0.15, 0.2) is 18.2 Å². The highest BCUT2D eigenvalue weighted by molar-refractivity contribution is 5.71. The maximum Gasteiger partial charge on any atom is 0.306 e. The number of ether oxygens (including phenoxy) is 1. The molecule has 0 saturated heterocycles. The van der Waals surface area contributed by atoms with Crippen LogP contribution in [0.5, 0.6) is 5.75 Å². The molecule has 0 bridgehead atoms. The van der Waals surface area contributed by atoms with Gasteiger partial charge in [0.1, 0.15) is 5.75 Å². The van der Waals surface area contributed by atoms with Crippen LogP contribution in [-0.2, 0) is 11.2 Å². The van der Waals surface area contributed by atoms with Crippen LogP contribution in [0.3, 0.4) is 0 Å². The van der Waals surface area contributed by atoms with E-state index >= 15 is 0 Å². The summed E-state index contributed by atoms with van der Waals surface area (Å²) in [4.78, 5) is 10.8. The fourth-order valence-electron chi connectivity index (χ4n) is 2.77. The summed E-state index contributed by atoms with van der Waals surface area (Å²) in [5.74, 6) is 0.0688. The monoisotopic (exact) mass is 277 g/mol. The van der Waals surface area contributed by atoms with Gasteiger partial charge in [0.25, 0.3) is 0 Å². The van der Waals surface area contributed by atoms with E-state index in [0.717, 1.165) is 25.0 Å². The van der Waals surface area contributed by atoms with Gasteiger partial charge >= 0.3 is 5.97 Å². The van der Waals surface area contributed by atoms with Gasteiger partial charge in [-0.1, -0.05) is 6.07 Å². The lowest BCUT2D eigenvalue weighted by Gasteiger charge is -2.35. The van der Waals surface area contributed by atoms with E-state index in [0.29, 0.717) is 12.1 Å². The molecule has 4 nitrogen and oxygen atoms in total. The van der Waals surface area contributed by atoms with Crippen molar-refractivity contribution in [3.05, 3.63) is 29.3 Å².